The molecule has 8 nitrogen and oxygen atoms in total. The highest BCUT2D eigenvalue weighted by molar-refractivity contribution is 5.86. The van der Waals surface area contributed by atoms with Gasteiger partial charge < -0.3 is 31.7 Å². The normalized spacial score (nSPS) is 13.1. The Labute approximate surface area is 177 Å². The lowest BCUT2D eigenvalue weighted by atomic mass is 9.86. The third-order valence-corrected chi connectivity index (χ3v) is 4.13. The smallest absolute Gasteiger partial charge is 0.408 e. The fourth-order valence-electron chi connectivity index (χ4n) is 2.60. The van der Waals surface area contributed by atoms with Gasteiger partial charge in [0.15, 0.2) is 0 Å². The van der Waals surface area contributed by atoms with Crippen molar-refractivity contribution in [2.75, 3.05) is 39.3 Å². The number of nitrogens with one attached hydrogen (secondary N) is 4. The van der Waals surface area contributed by atoms with Crippen LogP contribution in [0.2, 0.25) is 0 Å². The Hall–Kier alpha value is -1.38. The molecular weight excluding hydrogens is 370 g/mol. The summed E-state index contributed by atoms with van der Waals surface area (Å²) in [6.45, 7) is 16.3. The Kier molecular flexibility index (Phi) is 13.9. The molecule has 0 aliphatic rings. The summed E-state index contributed by atoms with van der Waals surface area (Å²) in [6, 6.07) is -0.655. The van der Waals surface area contributed by atoms with E-state index in [0.717, 1.165) is 58.4 Å². The maximum Gasteiger partial charge on any atom is 0.408 e. The first-order valence-electron chi connectivity index (χ1n) is 10.9. The van der Waals surface area contributed by atoms with Crippen LogP contribution in [-0.4, -0.2) is 62.9 Å². The van der Waals surface area contributed by atoms with Crippen LogP contribution >= 0.6 is 0 Å². The van der Waals surface area contributed by atoms with Gasteiger partial charge in [0, 0.05) is 6.54 Å². The lowest BCUT2D eigenvalue weighted by molar-refractivity contribution is -0.125. The van der Waals surface area contributed by atoms with Gasteiger partial charge in [-0.05, 0) is 84.6 Å². The van der Waals surface area contributed by atoms with E-state index in [0.29, 0.717) is 6.54 Å². The summed E-state index contributed by atoms with van der Waals surface area (Å²) in [4.78, 5) is 24.6. The Morgan fingerprint density at radius 3 is 1.83 bits per heavy atom. The molecule has 0 unspecified atom stereocenters. The quantitative estimate of drug-likeness (QED) is 0.276. The highest BCUT2D eigenvalue weighted by atomic mass is 16.6. The molecule has 0 aromatic rings. The van der Waals surface area contributed by atoms with Gasteiger partial charge >= 0.3 is 6.09 Å². The molecular formula is C21H45N5O3. The van der Waals surface area contributed by atoms with Crippen LogP contribution in [0.1, 0.15) is 67.2 Å². The van der Waals surface area contributed by atoms with E-state index in [-0.39, 0.29) is 5.91 Å². The van der Waals surface area contributed by atoms with E-state index in [2.05, 4.69) is 21.3 Å². The molecule has 0 heterocycles. The highest BCUT2D eigenvalue weighted by Gasteiger charge is 2.33. The summed E-state index contributed by atoms with van der Waals surface area (Å²) < 4.78 is 5.28. The molecule has 8 heteroatoms. The van der Waals surface area contributed by atoms with E-state index in [4.69, 9.17) is 10.5 Å². The number of carbonyl (C=O) groups is 2. The Bertz CT molecular complexity index is 458. The van der Waals surface area contributed by atoms with Crippen molar-refractivity contribution in [1.82, 2.24) is 21.3 Å². The van der Waals surface area contributed by atoms with Gasteiger partial charge in [-0.1, -0.05) is 20.8 Å². The number of amides is 2. The summed E-state index contributed by atoms with van der Waals surface area (Å²) in [5, 5.41) is 12.4. The number of alkyl carbamates (subject to hydrolysis) is 1. The van der Waals surface area contributed by atoms with Crippen LogP contribution in [0.4, 0.5) is 4.79 Å². The van der Waals surface area contributed by atoms with Crippen LogP contribution in [0.3, 0.4) is 0 Å². The molecule has 0 radical (unpaired) electrons. The standard InChI is InChI=1S/C21H45N5O3/c1-20(2,3)17(26-19(28)29-21(4,5)6)18(27)25-16-10-15-24-13-8-7-12-23-14-9-11-22/h17,23-24H,7-16,22H2,1-6H3,(H,25,27)(H,26,28)/t17-/m0/s1. The predicted molar refractivity (Wildman–Crippen MR) is 119 cm³/mol. The summed E-state index contributed by atoms with van der Waals surface area (Å²) in [5.74, 6) is -0.188. The lowest BCUT2D eigenvalue weighted by Crippen LogP contribution is -2.54. The van der Waals surface area contributed by atoms with E-state index in [9.17, 15) is 9.59 Å². The van der Waals surface area contributed by atoms with Crippen LogP contribution in [0, 0.1) is 5.41 Å². The summed E-state index contributed by atoms with van der Waals surface area (Å²) >= 11 is 0. The van der Waals surface area contributed by atoms with Crippen molar-refractivity contribution in [3.8, 4) is 0 Å². The SMILES string of the molecule is CC(C)(C)OC(=O)N[C@@H](C(=O)NCCCNCCCCNCCCN)C(C)(C)C. The summed E-state index contributed by atoms with van der Waals surface area (Å²) in [6.07, 6.45) is 3.54. The molecule has 172 valence electrons. The maximum absolute atomic E-state index is 12.6. The van der Waals surface area contributed by atoms with E-state index >= 15 is 0 Å². The van der Waals surface area contributed by atoms with Gasteiger partial charge in [-0.15, -0.1) is 0 Å². The lowest BCUT2D eigenvalue weighted by Gasteiger charge is -2.31. The van der Waals surface area contributed by atoms with Crippen molar-refractivity contribution < 1.29 is 14.3 Å². The first kappa shape index (κ1) is 27.6. The minimum atomic E-state index is -0.655. The zero-order valence-electron chi connectivity index (χ0n) is 19.5. The minimum Gasteiger partial charge on any atom is -0.444 e. The molecule has 0 aromatic carbocycles. The Balaban J connectivity index is 3.99. The van der Waals surface area contributed by atoms with Crippen molar-refractivity contribution >= 4 is 12.0 Å². The average Bonchev–Trinajstić information content (AvgIpc) is 2.58. The van der Waals surface area contributed by atoms with Gasteiger partial charge in [0.05, 0.1) is 0 Å². The zero-order chi connectivity index (χ0) is 22.3. The van der Waals surface area contributed by atoms with Gasteiger partial charge in [-0.2, -0.15) is 0 Å². The second kappa shape index (κ2) is 14.6. The number of nitrogens with two attached hydrogens (primary N) is 1. The monoisotopic (exact) mass is 415 g/mol. The predicted octanol–water partition coefficient (Wildman–Crippen LogP) is 1.74. The molecule has 1 atom stereocenters. The zero-order valence-corrected chi connectivity index (χ0v) is 19.5. The molecule has 0 bridgehead atoms. The molecule has 0 aliphatic carbocycles. The molecule has 29 heavy (non-hydrogen) atoms. The van der Waals surface area contributed by atoms with Crippen LogP contribution in [-0.2, 0) is 9.53 Å². The van der Waals surface area contributed by atoms with E-state index in [1.165, 1.54) is 0 Å². The fourth-order valence-corrected chi connectivity index (χ4v) is 2.60. The second-order valence-corrected chi connectivity index (χ2v) is 9.44. The minimum absolute atomic E-state index is 0.188. The van der Waals surface area contributed by atoms with Gasteiger partial charge in [0.1, 0.15) is 11.6 Å². The second-order valence-electron chi connectivity index (χ2n) is 9.44. The van der Waals surface area contributed by atoms with Crippen molar-refractivity contribution in [2.45, 2.75) is 78.9 Å². The number of hydrogen-bond donors (Lipinski definition) is 5. The first-order chi connectivity index (χ1) is 13.5. The van der Waals surface area contributed by atoms with Crippen LogP contribution < -0.4 is 27.0 Å². The van der Waals surface area contributed by atoms with Gasteiger partial charge in [0.25, 0.3) is 0 Å². The largest absolute Gasteiger partial charge is 0.444 e. The summed E-state index contributed by atoms with van der Waals surface area (Å²) in [7, 11) is 0. The third-order valence-electron chi connectivity index (χ3n) is 4.13. The Morgan fingerprint density at radius 1 is 0.828 bits per heavy atom. The number of hydrogen-bond acceptors (Lipinski definition) is 6. The van der Waals surface area contributed by atoms with E-state index < -0.39 is 23.2 Å². The van der Waals surface area contributed by atoms with Gasteiger partial charge in [-0.25, -0.2) is 4.79 Å². The summed E-state index contributed by atoms with van der Waals surface area (Å²) in [5.41, 5.74) is 4.43. The number of carbonyl (C=O) groups excluding carboxylic acids is 2. The van der Waals surface area contributed by atoms with Crippen molar-refractivity contribution in [2.24, 2.45) is 11.1 Å². The molecule has 0 aromatic heterocycles. The number of rotatable bonds is 14. The molecule has 0 rings (SSSR count). The van der Waals surface area contributed by atoms with Crippen LogP contribution in [0.25, 0.3) is 0 Å². The van der Waals surface area contributed by atoms with Gasteiger partial charge in [0.2, 0.25) is 5.91 Å². The van der Waals surface area contributed by atoms with E-state index in [1.54, 1.807) is 20.8 Å². The number of ether oxygens (including phenoxy) is 1. The van der Waals surface area contributed by atoms with Crippen molar-refractivity contribution in [3.05, 3.63) is 0 Å². The molecule has 0 spiro atoms. The highest BCUT2D eigenvalue weighted by Crippen LogP contribution is 2.20. The topological polar surface area (TPSA) is 118 Å². The molecule has 0 aliphatic heterocycles. The molecule has 0 saturated carbocycles. The van der Waals surface area contributed by atoms with E-state index in [1.807, 2.05) is 20.8 Å². The third kappa shape index (κ3) is 16.1. The van der Waals surface area contributed by atoms with Crippen molar-refractivity contribution in [1.29, 1.82) is 0 Å². The first-order valence-corrected chi connectivity index (χ1v) is 10.9. The van der Waals surface area contributed by atoms with Gasteiger partial charge in [-0.3, -0.25) is 4.79 Å². The maximum atomic E-state index is 12.6. The Morgan fingerprint density at radius 2 is 1.34 bits per heavy atom. The molecule has 0 fully saturated rings. The number of unbranched alkanes of at least 4 members (excludes halogenated alkanes) is 1. The molecule has 6 N–H and O–H groups in total. The van der Waals surface area contributed by atoms with Crippen molar-refractivity contribution in [3.63, 3.8) is 0 Å². The molecule has 0 saturated heterocycles. The van der Waals surface area contributed by atoms with Crippen LogP contribution in [0.5, 0.6) is 0 Å². The molecule has 2 amide bonds. The fraction of sp³-hybridized carbons (Fsp3) is 0.905. The average molecular weight is 416 g/mol. The van der Waals surface area contributed by atoms with Crippen LogP contribution in [0.15, 0.2) is 0 Å².